The van der Waals surface area contributed by atoms with Gasteiger partial charge in [-0.3, -0.25) is 4.79 Å². The van der Waals surface area contributed by atoms with Crippen LogP contribution in [-0.4, -0.2) is 23.8 Å². The van der Waals surface area contributed by atoms with Gasteiger partial charge in [0.15, 0.2) is 0 Å². The molecule has 0 radical (unpaired) electrons. The van der Waals surface area contributed by atoms with Crippen LogP contribution in [0.25, 0.3) is 0 Å². The first kappa shape index (κ1) is 11.9. The quantitative estimate of drug-likeness (QED) is 0.495. The number of hydrogen-bond acceptors (Lipinski definition) is 4. The lowest BCUT2D eigenvalue weighted by molar-refractivity contribution is -0.145. The number of aliphatic hydroxyl groups is 1. The third-order valence-corrected chi connectivity index (χ3v) is 1.49. The van der Waals surface area contributed by atoms with E-state index in [4.69, 9.17) is 15.1 Å². The summed E-state index contributed by atoms with van der Waals surface area (Å²) in [5.74, 6) is -0.434. The van der Waals surface area contributed by atoms with Gasteiger partial charge in [-0.15, -0.1) is 0 Å². The van der Waals surface area contributed by atoms with E-state index in [2.05, 4.69) is 0 Å². The van der Waals surface area contributed by atoms with Crippen LogP contribution in [0, 0.1) is 11.3 Å². The minimum absolute atomic E-state index is 0.0249. The van der Waals surface area contributed by atoms with Gasteiger partial charge < -0.3 is 9.84 Å². The van der Waals surface area contributed by atoms with Crippen molar-refractivity contribution in [2.24, 2.45) is 0 Å². The molecule has 0 saturated heterocycles. The molecule has 4 heteroatoms. The summed E-state index contributed by atoms with van der Waals surface area (Å²) >= 11 is 0. The number of unbranched alkanes of at least 4 members (excludes halogenated alkanes) is 1. The van der Waals surface area contributed by atoms with E-state index in [0.717, 1.165) is 12.8 Å². The monoisotopic (exact) mass is 185 g/mol. The van der Waals surface area contributed by atoms with Gasteiger partial charge in [-0.05, 0) is 6.42 Å². The number of rotatable bonds is 6. The average molecular weight is 185 g/mol. The summed E-state index contributed by atoms with van der Waals surface area (Å²) in [5, 5.41) is 17.3. The maximum Gasteiger partial charge on any atom is 0.308 e. The van der Waals surface area contributed by atoms with Gasteiger partial charge in [0.05, 0.1) is 31.6 Å². The van der Waals surface area contributed by atoms with Crippen molar-refractivity contribution in [3.63, 3.8) is 0 Å². The number of nitriles is 1. The number of nitrogens with zero attached hydrogens (tertiary/aromatic N) is 1. The van der Waals surface area contributed by atoms with Gasteiger partial charge in [0.1, 0.15) is 0 Å². The first-order valence-corrected chi connectivity index (χ1v) is 4.41. The Bertz CT molecular complexity index is 186. The number of aliphatic hydroxyl groups excluding tert-OH is 1. The first-order valence-electron chi connectivity index (χ1n) is 4.41. The molecule has 13 heavy (non-hydrogen) atoms. The zero-order valence-corrected chi connectivity index (χ0v) is 7.82. The normalized spacial score (nSPS) is 11.8. The van der Waals surface area contributed by atoms with Crippen molar-refractivity contribution in [1.82, 2.24) is 0 Å². The van der Waals surface area contributed by atoms with E-state index in [1.165, 1.54) is 0 Å². The van der Waals surface area contributed by atoms with Crippen LogP contribution in [0.1, 0.15) is 32.6 Å². The molecule has 0 spiro atoms. The molecule has 0 aromatic rings. The molecule has 0 heterocycles. The SMILES string of the molecule is CCCCOC(=O)CC(O)CC#N. The summed E-state index contributed by atoms with van der Waals surface area (Å²) in [6.45, 7) is 2.40. The lowest BCUT2D eigenvalue weighted by atomic mass is 10.2. The molecule has 4 nitrogen and oxygen atoms in total. The van der Waals surface area contributed by atoms with Gasteiger partial charge in [-0.1, -0.05) is 13.3 Å². The molecular weight excluding hydrogens is 170 g/mol. The highest BCUT2D eigenvalue weighted by atomic mass is 16.5. The molecule has 0 rings (SSSR count). The number of esters is 1. The summed E-state index contributed by atoms with van der Waals surface area (Å²) in [7, 11) is 0. The fourth-order valence-electron chi connectivity index (χ4n) is 0.759. The highest BCUT2D eigenvalue weighted by Crippen LogP contribution is 1.99. The van der Waals surface area contributed by atoms with E-state index >= 15 is 0 Å². The summed E-state index contributed by atoms with van der Waals surface area (Å²) in [6.07, 6.45) is 0.799. The fraction of sp³-hybridized carbons (Fsp3) is 0.778. The van der Waals surface area contributed by atoms with Crippen LogP contribution < -0.4 is 0 Å². The molecule has 1 atom stereocenters. The maximum absolute atomic E-state index is 10.9. The van der Waals surface area contributed by atoms with Crippen LogP contribution in [-0.2, 0) is 9.53 Å². The zero-order valence-electron chi connectivity index (χ0n) is 7.82. The third kappa shape index (κ3) is 7.29. The number of carbonyl (C=O) groups excluding carboxylic acids is 1. The average Bonchev–Trinajstić information content (AvgIpc) is 2.05. The van der Waals surface area contributed by atoms with Crippen molar-refractivity contribution < 1.29 is 14.6 Å². The Kier molecular flexibility index (Phi) is 6.93. The molecule has 74 valence electrons. The van der Waals surface area contributed by atoms with Crippen LogP contribution in [0.3, 0.4) is 0 Å². The smallest absolute Gasteiger partial charge is 0.308 e. The molecular formula is C9H15NO3. The second-order valence-corrected chi connectivity index (χ2v) is 2.79. The molecule has 0 aliphatic heterocycles. The van der Waals surface area contributed by atoms with Crippen molar-refractivity contribution >= 4 is 5.97 Å². The van der Waals surface area contributed by atoms with Crippen molar-refractivity contribution in [1.29, 1.82) is 5.26 Å². The van der Waals surface area contributed by atoms with Crippen molar-refractivity contribution in [2.45, 2.75) is 38.7 Å². The highest BCUT2D eigenvalue weighted by molar-refractivity contribution is 5.69. The van der Waals surface area contributed by atoms with E-state index in [9.17, 15) is 4.79 Å². The lowest BCUT2D eigenvalue weighted by Crippen LogP contribution is -2.15. The highest BCUT2D eigenvalue weighted by Gasteiger charge is 2.10. The Morgan fingerprint density at radius 1 is 1.69 bits per heavy atom. The molecule has 0 saturated carbocycles. The van der Waals surface area contributed by atoms with Crippen LogP contribution in [0.2, 0.25) is 0 Å². The van der Waals surface area contributed by atoms with Crippen LogP contribution >= 0.6 is 0 Å². The van der Waals surface area contributed by atoms with Gasteiger partial charge in [0, 0.05) is 0 Å². The topological polar surface area (TPSA) is 70.3 Å². The fourth-order valence-corrected chi connectivity index (χ4v) is 0.759. The molecule has 0 aliphatic carbocycles. The van der Waals surface area contributed by atoms with Crippen LogP contribution in [0.15, 0.2) is 0 Å². The molecule has 1 unspecified atom stereocenters. The Morgan fingerprint density at radius 2 is 2.38 bits per heavy atom. The Morgan fingerprint density at radius 3 is 2.92 bits per heavy atom. The van der Waals surface area contributed by atoms with Crippen molar-refractivity contribution in [3.8, 4) is 6.07 Å². The molecule has 0 aliphatic rings. The van der Waals surface area contributed by atoms with Crippen LogP contribution in [0.4, 0.5) is 0 Å². The van der Waals surface area contributed by atoms with Gasteiger partial charge >= 0.3 is 5.97 Å². The van der Waals surface area contributed by atoms with Crippen molar-refractivity contribution in [3.05, 3.63) is 0 Å². The van der Waals surface area contributed by atoms with Gasteiger partial charge in [-0.25, -0.2) is 0 Å². The number of ether oxygens (including phenoxy) is 1. The van der Waals surface area contributed by atoms with Crippen molar-refractivity contribution in [2.75, 3.05) is 6.61 Å². The maximum atomic E-state index is 10.9. The molecule has 0 bridgehead atoms. The van der Waals surface area contributed by atoms with E-state index in [1.807, 2.05) is 6.92 Å². The largest absolute Gasteiger partial charge is 0.466 e. The Hall–Kier alpha value is -1.08. The van der Waals surface area contributed by atoms with Gasteiger partial charge in [0.25, 0.3) is 0 Å². The van der Waals surface area contributed by atoms with E-state index in [-0.39, 0.29) is 12.8 Å². The second-order valence-electron chi connectivity index (χ2n) is 2.79. The molecule has 0 aromatic carbocycles. The van der Waals surface area contributed by atoms with E-state index in [0.29, 0.717) is 6.61 Å². The number of hydrogen-bond donors (Lipinski definition) is 1. The summed E-state index contributed by atoms with van der Waals surface area (Å²) in [5.41, 5.74) is 0. The van der Waals surface area contributed by atoms with Gasteiger partial charge in [-0.2, -0.15) is 5.26 Å². The summed E-state index contributed by atoms with van der Waals surface area (Å²) in [6, 6.07) is 1.78. The lowest BCUT2D eigenvalue weighted by Gasteiger charge is -2.06. The molecule has 0 fully saturated rings. The Labute approximate surface area is 78.1 Å². The summed E-state index contributed by atoms with van der Waals surface area (Å²) < 4.78 is 4.79. The standard InChI is InChI=1S/C9H15NO3/c1-2-3-6-13-9(12)7-8(11)4-5-10/h8,11H,2-4,6-7H2,1H3. The van der Waals surface area contributed by atoms with Gasteiger partial charge in [0.2, 0.25) is 0 Å². The molecule has 0 aromatic heterocycles. The summed E-state index contributed by atoms with van der Waals surface area (Å²) in [4.78, 5) is 10.9. The predicted octanol–water partition coefficient (Wildman–Crippen LogP) is 0.994. The van der Waals surface area contributed by atoms with E-state index < -0.39 is 12.1 Å². The Balaban J connectivity index is 3.45. The predicted molar refractivity (Wildman–Crippen MR) is 46.7 cm³/mol. The molecule has 0 amide bonds. The minimum atomic E-state index is -0.890. The minimum Gasteiger partial charge on any atom is -0.466 e. The molecule has 1 N–H and O–H groups in total. The van der Waals surface area contributed by atoms with Crippen LogP contribution in [0.5, 0.6) is 0 Å². The third-order valence-electron chi connectivity index (χ3n) is 1.49. The zero-order chi connectivity index (χ0) is 10.1. The van der Waals surface area contributed by atoms with E-state index in [1.54, 1.807) is 6.07 Å². The first-order chi connectivity index (χ1) is 6.20. The number of carbonyl (C=O) groups is 1. The second kappa shape index (κ2) is 7.56.